The molecule has 1 aliphatic rings. The number of hydrogen-bond acceptors (Lipinski definition) is 0. The number of benzene rings is 1. The first-order valence-electron chi connectivity index (χ1n) is 11.0. The topological polar surface area (TPSA) is 0 Å². The minimum Gasteiger partial charge on any atom is -0.358 e. The second-order valence-corrected chi connectivity index (χ2v) is 9.06. The van der Waals surface area contributed by atoms with E-state index >= 15 is 0 Å². The van der Waals surface area contributed by atoms with E-state index in [-0.39, 0.29) is 63.0 Å². The molecule has 0 unspecified atom stereocenters. The number of unbranched alkanes of at least 4 members (excludes halogenated alkanes) is 5. The third-order valence-corrected chi connectivity index (χ3v) is 5.88. The molecular formula is C32H51Hf-7. The molecule has 0 atom stereocenters. The Morgan fingerprint density at radius 3 is 1.91 bits per heavy atom. The van der Waals surface area contributed by atoms with Crippen molar-refractivity contribution in [1.82, 2.24) is 0 Å². The Kier molecular flexibility index (Phi) is 23.0. The summed E-state index contributed by atoms with van der Waals surface area (Å²) < 4.78 is 0. The van der Waals surface area contributed by atoms with Gasteiger partial charge in [0.05, 0.1) is 0 Å². The maximum Gasteiger partial charge on any atom is 0 e. The van der Waals surface area contributed by atoms with Crippen LogP contribution in [-0.2, 0) is 45.1 Å². The summed E-state index contributed by atoms with van der Waals surface area (Å²) in [7, 11) is 0. The third kappa shape index (κ3) is 11.8. The molecule has 0 aromatic heterocycles. The van der Waals surface area contributed by atoms with Crippen LogP contribution >= 0.6 is 0 Å². The molecule has 0 saturated carbocycles. The fourth-order valence-corrected chi connectivity index (χ4v) is 4.46. The molecule has 0 saturated heterocycles. The second kappa shape index (κ2) is 19.4. The van der Waals surface area contributed by atoms with Gasteiger partial charge in [0.2, 0.25) is 0 Å². The first-order chi connectivity index (χ1) is 13.1. The van der Waals surface area contributed by atoms with E-state index in [4.69, 9.17) is 0 Å². The Hall–Kier alpha value is -0.950. The zero-order valence-electron chi connectivity index (χ0n) is 23.1. The summed E-state index contributed by atoms with van der Waals surface area (Å²) in [6, 6.07) is 19.7. The number of fused-ring (bicyclic) bond motifs is 2. The van der Waals surface area contributed by atoms with E-state index in [1.54, 1.807) is 16.7 Å². The SMILES string of the molecule is CCCCCCCC[c-]1ccc2cc3c(cc21)CC(C)(C)C3.[CH3-].[CH3-].[CH3-].[CH3-].[CH3-].[Hf].c1cc[cH-]c1. The van der Waals surface area contributed by atoms with Crippen LogP contribution in [0.4, 0.5) is 0 Å². The molecule has 1 heteroatoms. The average Bonchev–Trinajstić information content (AvgIpc) is 3.36. The smallest absolute Gasteiger partial charge is 0 e. The van der Waals surface area contributed by atoms with Gasteiger partial charge < -0.3 is 37.1 Å². The van der Waals surface area contributed by atoms with Crippen LogP contribution in [-0.4, -0.2) is 0 Å². The Bertz CT molecular complexity index is 787. The van der Waals surface area contributed by atoms with Gasteiger partial charge in [-0.15, -0.1) is 34.5 Å². The van der Waals surface area contributed by atoms with Gasteiger partial charge in [0, 0.05) is 25.8 Å². The average molecular weight is 614 g/mol. The van der Waals surface area contributed by atoms with E-state index in [0.29, 0.717) is 5.41 Å². The van der Waals surface area contributed by atoms with Gasteiger partial charge in [0.25, 0.3) is 0 Å². The van der Waals surface area contributed by atoms with Crippen molar-refractivity contribution < 1.29 is 25.8 Å². The van der Waals surface area contributed by atoms with Crippen molar-refractivity contribution in [2.24, 2.45) is 5.41 Å². The van der Waals surface area contributed by atoms with Crippen LogP contribution < -0.4 is 0 Å². The zero-order chi connectivity index (χ0) is 19.1. The van der Waals surface area contributed by atoms with Crippen molar-refractivity contribution in [3.63, 3.8) is 0 Å². The number of aryl methyl sites for hydroxylation is 1. The number of hydrogen-bond donors (Lipinski definition) is 0. The van der Waals surface area contributed by atoms with Crippen LogP contribution in [0.3, 0.4) is 0 Å². The molecule has 0 spiro atoms. The normalized spacial score (nSPS) is 12.1. The van der Waals surface area contributed by atoms with Crippen LogP contribution in [0.15, 0.2) is 54.6 Å². The van der Waals surface area contributed by atoms with Crippen molar-refractivity contribution >= 4 is 10.8 Å². The third-order valence-electron chi connectivity index (χ3n) is 5.88. The maximum absolute atomic E-state index is 2.51. The van der Waals surface area contributed by atoms with Crippen molar-refractivity contribution in [1.29, 1.82) is 0 Å². The summed E-state index contributed by atoms with van der Waals surface area (Å²) >= 11 is 0. The quantitative estimate of drug-likeness (QED) is 0.141. The van der Waals surface area contributed by atoms with Gasteiger partial charge in [-0.3, -0.25) is 0 Å². The van der Waals surface area contributed by atoms with Crippen molar-refractivity contribution in [2.45, 2.75) is 78.6 Å². The van der Waals surface area contributed by atoms with Crippen molar-refractivity contribution in [2.75, 3.05) is 0 Å². The van der Waals surface area contributed by atoms with Gasteiger partial charge in [-0.05, 0) is 18.3 Å². The maximum atomic E-state index is 2.51. The fourth-order valence-electron chi connectivity index (χ4n) is 4.46. The number of rotatable bonds is 7. The van der Waals surface area contributed by atoms with Crippen LogP contribution in [0.1, 0.15) is 76.0 Å². The molecule has 4 rings (SSSR count). The van der Waals surface area contributed by atoms with E-state index < -0.39 is 0 Å². The Morgan fingerprint density at radius 2 is 1.36 bits per heavy atom. The van der Waals surface area contributed by atoms with E-state index in [2.05, 4.69) is 45.0 Å². The molecule has 0 radical (unpaired) electrons. The van der Waals surface area contributed by atoms with Gasteiger partial charge in [-0.2, -0.15) is 24.3 Å². The molecular weight excluding hydrogens is 563 g/mol. The van der Waals surface area contributed by atoms with Crippen LogP contribution in [0.2, 0.25) is 0 Å². The van der Waals surface area contributed by atoms with Crippen LogP contribution in [0, 0.1) is 42.5 Å². The summed E-state index contributed by atoms with van der Waals surface area (Å²) in [5.74, 6) is 0. The minimum absolute atomic E-state index is 0. The van der Waals surface area contributed by atoms with E-state index in [9.17, 15) is 0 Å². The molecule has 3 aromatic carbocycles. The van der Waals surface area contributed by atoms with Gasteiger partial charge in [0.1, 0.15) is 0 Å². The summed E-state index contributed by atoms with van der Waals surface area (Å²) in [4.78, 5) is 0. The molecule has 0 aliphatic heterocycles. The summed E-state index contributed by atoms with van der Waals surface area (Å²) in [5, 5.41) is 3.00. The zero-order valence-corrected chi connectivity index (χ0v) is 26.7. The summed E-state index contributed by atoms with van der Waals surface area (Å²) in [6.07, 6.45) is 12.1. The van der Waals surface area contributed by atoms with Crippen molar-refractivity contribution in [3.05, 3.63) is 108 Å². The van der Waals surface area contributed by atoms with E-state index in [1.165, 1.54) is 68.6 Å². The minimum atomic E-state index is 0. The van der Waals surface area contributed by atoms with E-state index in [1.807, 2.05) is 30.3 Å². The van der Waals surface area contributed by atoms with Crippen LogP contribution in [0.25, 0.3) is 10.8 Å². The van der Waals surface area contributed by atoms with Crippen molar-refractivity contribution in [3.8, 4) is 0 Å². The summed E-state index contributed by atoms with van der Waals surface area (Å²) in [6.45, 7) is 7.08. The Labute approximate surface area is 228 Å². The molecule has 0 bridgehead atoms. The molecule has 33 heavy (non-hydrogen) atoms. The molecule has 1 aliphatic carbocycles. The molecule has 0 heterocycles. The molecule has 3 aromatic rings. The summed E-state index contributed by atoms with van der Waals surface area (Å²) in [5.41, 5.74) is 5.24. The fraction of sp³-hybridized carbons (Fsp3) is 0.406. The molecule has 0 N–H and O–H groups in total. The molecule has 0 amide bonds. The molecule has 0 nitrogen and oxygen atoms in total. The monoisotopic (exact) mass is 615 g/mol. The van der Waals surface area contributed by atoms with E-state index in [0.717, 1.165) is 0 Å². The second-order valence-electron chi connectivity index (χ2n) is 9.06. The van der Waals surface area contributed by atoms with Gasteiger partial charge in [-0.1, -0.05) is 76.8 Å². The predicted molar refractivity (Wildman–Crippen MR) is 152 cm³/mol. The first kappa shape index (κ1) is 39.3. The first-order valence-corrected chi connectivity index (χ1v) is 11.0. The van der Waals surface area contributed by atoms with Gasteiger partial charge in [-0.25, -0.2) is 12.1 Å². The predicted octanol–water partition coefficient (Wildman–Crippen LogP) is 10.2. The van der Waals surface area contributed by atoms with Crippen LogP contribution in [0.5, 0.6) is 0 Å². The molecule has 190 valence electrons. The standard InChI is InChI=1S/C22H31.C5H5.5CH3.Hf/c1-4-5-6-7-8-9-10-17-11-12-18-13-19-15-22(2,3)16-20(19)14-21(17)18;1-2-4-5-3-1;;;;;;/h11-14H,4-10,15-16H2,1-3H3;1-5H;5*1H3;/q7*-1;. The Balaban J connectivity index is -0.000000342. The van der Waals surface area contributed by atoms with Gasteiger partial charge >= 0.3 is 0 Å². The largest absolute Gasteiger partial charge is 0.358 e. The van der Waals surface area contributed by atoms with Gasteiger partial charge in [0.15, 0.2) is 0 Å². The molecule has 0 fully saturated rings. The Morgan fingerprint density at radius 1 is 0.818 bits per heavy atom.